The molecule has 0 bridgehead atoms. The second kappa shape index (κ2) is 14.0. The first-order chi connectivity index (χ1) is 14.7. The summed E-state index contributed by atoms with van der Waals surface area (Å²) in [5, 5.41) is 0. The maximum absolute atomic E-state index is 5.08. The van der Waals surface area contributed by atoms with Gasteiger partial charge in [0.05, 0.1) is 0 Å². The van der Waals surface area contributed by atoms with E-state index in [9.17, 15) is 0 Å². The number of nitrogens with zero attached hydrogens (tertiary/aromatic N) is 1. The Balaban J connectivity index is 0.000000207. The Morgan fingerprint density at radius 3 is 1.19 bits per heavy atom. The quantitative estimate of drug-likeness (QED) is 0.289. The summed E-state index contributed by atoms with van der Waals surface area (Å²) >= 11 is 0. The van der Waals surface area contributed by atoms with Crippen molar-refractivity contribution in [3.05, 3.63) is 124 Å². The van der Waals surface area contributed by atoms with Crippen molar-refractivity contribution >= 4 is 0 Å². The monoisotopic (exact) mass is 415 g/mol. The maximum atomic E-state index is 5.08. The van der Waals surface area contributed by atoms with Crippen LogP contribution in [0.5, 0.6) is 0 Å². The predicted octanol–water partition coefficient (Wildman–Crippen LogP) is 8.20. The van der Waals surface area contributed by atoms with Crippen LogP contribution in [0.1, 0.15) is 45.0 Å². The fourth-order valence-corrected chi connectivity index (χ4v) is 2.54. The van der Waals surface area contributed by atoms with E-state index in [4.69, 9.17) is 4.42 Å². The fourth-order valence-electron chi connectivity index (χ4n) is 2.54. The third-order valence-corrected chi connectivity index (χ3v) is 4.33. The van der Waals surface area contributed by atoms with Gasteiger partial charge < -0.3 is 4.42 Å². The van der Waals surface area contributed by atoms with Gasteiger partial charge >= 0.3 is 0 Å². The highest BCUT2D eigenvalue weighted by atomic mass is 16.3. The third-order valence-electron chi connectivity index (χ3n) is 4.33. The topological polar surface area (TPSA) is 26.0 Å². The van der Waals surface area contributed by atoms with E-state index < -0.39 is 0 Å². The maximum Gasteiger partial charge on any atom is 0.101 e. The van der Waals surface area contributed by atoms with Crippen LogP contribution < -0.4 is 0 Å². The van der Waals surface area contributed by atoms with Crippen LogP contribution in [0.3, 0.4) is 0 Å². The molecule has 0 saturated heterocycles. The number of aryl methyl sites for hydroxylation is 8. The van der Waals surface area contributed by atoms with Crippen LogP contribution in [0.15, 0.2) is 83.4 Å². The molecule has 2 heteroatoms. The lowest BCUT2D eigenvalue weighted by atomic mass is 10.2. The molecule has 0 N–H and O–H groups in total. The van der Waals surface area contributed by atoms with Crippen molar-refractivity contribution in [2.45, 2.75) is 55.4 Å². The van der Waals surface area contributed by atoms with Gasteiger partial charge in [-0.1, -0.05) is 76.9 Å². The third kappa shape index (κ3) is 12.9. The highest BCUT2D eigenvalue weighted by molar-refractivity contribution is 5.20. The van der Waals surface area contributed by atoms with Crippen LogP contribution in [0.2, 0.25) is 0 Å². The number of hydrogen-bond acceptors (Lipinski definition) is 2. The molecule has 0 saturated carbocycles. The van der Waals surface area contributed by atoms with Crippen molar-refractivity contribution in [2.24, 2.45) is 0 Å². The van der Waals surface area contributed by atoms with E-state index in [1.807, 2.05) is 52.1 Å². The number of aromatic nitrogens is 1. The number of rotatable bonds is 0. The van der Waals surface area contributed by atoms with Crippen molar-refractivity contribution < 1.29 is 4.42 Å². The Kier molecular flexibility index (Phi) is 11.7. The van der Waals surface area contributed by atoms with Gasteiger partial charge in [0.1, 0.15) is 11.5 Å². The minimum atomic E-state index is 0.984. The predicted molar refractivity (Wildman–Crippen MR) is 134 cm³/mol. The Bertz CT molecular complexity index is 876. The summed E-state index contributed by atoms with van der Waals surface area (Å²) in [7, 11) is 0. The van der Waals surface area contributed by atoms with Crippen LogP contribution in [-0.4, -0.2) is 4.98 Å². The van der Waals surface area contributed by atoms with Gasteiger partial charge in [-0.2, -0.15) is 0 Å². The van der Waals surface area contributed by atoms with Crippen molar-refractivity contribution in [1.82, 2.24) is 4.98 Å². The van der Waals surface area contributed by atoms with E-state index >= 15 is 0 Å². The second-order valence-electron chi connectivity index (χ2n) is 7.95. The van der Waals surface area contributed by atoms with E-state index in [2.05, 4.69) is 87.3 Å². The van der Waals surface area contributed by atoms with Crippen molar-refractivity contribution in [1.29, 1.82) is 0 Å². The zero-order chi connectivity index (χ0) is 23.2. The second-order valence-corrected chi connectivity index (χ2v) is 7.95. The Hall–Kier alpha value is -3.13. The normalized spacial score (nSPS) is 9.29. The molecule has 4 rings (SSSR count). The van der Waals surface area contributed by atoms with Gasteiger partial charge in [-0.3, -0.25) is 4.98 Å². The van der Waals surface area contributed by atoms with Crippen molar-refractivity contribution in [3.63, 3.8) is 0 Å². The molecule has 0 spiro atoms. The molecule has 2 aromatic carbocycles. The first-order valence-electron chi connectivity index (χ1n) is 10.6. The largest absolute Gasteiger partial charge is 0.467 e. The Labute approximate surface area is 189 Å². The number of furan rings is 1. The van der Waals surface area contributed by atoms with Gasteiger partial charge in [0.15, 0.2) is 0 Å². The molecule has 0 amide bonds. The average Bonchev–Trinajstić information content (AvgIpc) is 3.10. The molecule has 0 radical (unpaired) electrons. The molecule has 2 heterocycles. The molecule has 2 aromatic heterocycles. The molecule has 4 aromatic rings. The first-order valence-corrected chi connectivity index (χ1v) is 10.6. The lowest BCUT2D eigenvalue weighted by Gasteiger charge is -1.90. The lowest BCUT2D eigenvalue weighted by Crippen LogP contribution is -1.78. The summed E-state index contributed by atoms with van der Waals surface area (Å²) in [5.41, 5.74) is 7.63. The summed E-state index contributed by atoms with van der Waals surface area (Å²) in [4.78, 5) is 4.08. The summed E-state index contributed by atoms with van der Waals surface area (Å²) in [6, 6.07) is 24.9. The summed E-state index contributed by atoms with van der Waals surface area (Å²) in [5.74, 6) is 1.97. The van der Waals surface area contributed by atoms with Crippen LogP contribution >= 0.6 is 0 Å². The number of hydrogen-bond donors (Lipinski definition) is 0. The van der Waals surface area contributed by atoms with Crippen LogP contribution in [0, 0.1) is 55.4 Å². The van der Waals surface area contributed by atoms with E-state index in [1.165, 1.54) is 27.8 Å². The van der Waals surface area contributed by atoms with E-state index in [1.54, 1.807) is 0 Å². The molecule has 0 unspecified atom stereocenters. The summed E-state index contributed by atoms with van der Waals surface area (Å²) < 4.78 is 5.08. The summed E-state index contributed by atoms with van der Waals surface area (Å²) in [6.07, 6.45) is 1.87. The van der Waals surface area contributed by atoms with E-state index in [0.717, 1.165) is 17.2 Å². The van der Waals surface area contributed by atoms with Gasteiger partial charge in [0, 0.05) is 11.9 Å². The Morgan fingerprint density at radius 2 is 0.935 bits per heavy atom. The SMILES string of the molecule is Cc1ccc(C)cc1.Cc1ccc(C)nc1.Cc1ccc(C)o1.Cc1cccc(C)c1. The molecule has 164 valence electrons. The molecule has 0 atom stereocenters. The van der Waals surface area contributed by atoms with Gasteiger partial charge in [0.25, 0.3) is 0 Å². The lowest BCUT2D eigenvalue weighted by molar-refractivity contribution is 0.504. The van der Waals surface area contributed by atoms with Crippen molar-refractivity contribution in [2.75, 3.05) is 0 Å². The van der Waals surface area contributed by atoms with Crippen LogP contribution in [0.4, 0.5) is 0 Å². The standard InChI is InChI=1S/2C8H10.C7H9N.C6H8O/c1-7-3-5-8(2)6-4-7;1-7-4-3-5-8(2)6-7;1-6-3-4-7(2)8-5-6;1-5-3-4-6(2)7-5/h2*3-6H,1-2H3;3-5H,1-2H3;3-4H,1-2H3. The average molecular weight is 416 g/mol. The molecular weight excluding hydrogens is 378 g/mol. The van der Waals surface area contributed by atoms with Gasteiger partial charge in [-0.05, 0) is 79.2 Å². The number of pyridine rings is 1. The van der Waals surface area contributed by atoms with E-state index in [-0.39, 0.29) is 0 Å². The van der Waals surface area contributed by atoms with Crippen LogP contribution in [-0.2, 0) is 0 Å². The minimum Gasteiger partial charge on any atom is -0.467 e. The number of benzene rings is 2. The first kappa shape index (κ1) is 25.9. The minimum absolute atomic E-state index is 0.984. The Morgan fingerprint density at radius 1 is 0.484 bits per heavy atom. The van der Waals surface area contributed by atoms with Gasteiger partial charge in [0.2, 0.25) is 0 Å². The highest BCUT2D eigenvalue weighted by Gasteiger charge is 1.86. The fraction of sp³-hybridized carbons (Fsp3) is 0.276. The molecular formula is C29H37NO. The summed E-state index contributed by atoms with van der Waals surface area (Å²) in [6.45, 7) is 16.3. The van der Waals surface area contributed by atoms with Crippen LogP contribution in [0.25, 0.3) is 0 Å². The van der Waals surface area contributed by atoms with Gasteiger partial charge in [-0.25, -0.2) is 0 Å². The van der Waals surface area contributed by atoms with E-state index in [0.29, 0.717) is 0 Å². The smallest absolute Gasteiger partial charge is 0.101 e. The zero-order valence-corrected chi connectivity index (χ0v) is 20.4. The van der Waals surface area contributed by atoms with Gasteiger partial charge in [-0.15, -0.1) is 0 Å². The zero-order valence-electron chi connectivity index (χ0n) is 20.4. The van der Waals surface area contributed by atoms with Crippen molar-refractivity contribution in [3.8, 4) is 0 Å². The molecule has 0 aliphatic heterocycles. The molecule has 0 aliphatic rings. The molecule has 0 fully saturated rings. The molecule has 0 aliphatic carbocycles. The highest BCUT2D eigenvalue weighted by Crippen LogP contribution is 2.02. The molecule has 31 heavy (non-hydrogen) atoms. The molecule has 2 nitrogen and oxygen atoms in total.